The van der Waals surface area contributed by atoms with Crippen LogP contribution in [0.2, 0.25) is 0 Å². The third-order valence-corrected chi connectivity index (χ3v) is 5.34. The zero-order valence-corrected chi connectivity index (χ0v) is 15.9. The van der Waals surface area contributed by atoms with E-state index in [0.717, 1.165) is 30.2 Å². The third-order valence-electron chi connectivity index (χ3n) is 4.75. The maximum atomic E-state index is 12.6. The number of benzene rings is 1. The molecule has 1 N–H and O–H groups in total. The van der Waals surface area contributed by atoms with Gasteiger partial charge in [0.15, 0.2) is 0 Å². The van der Waals surface area contributed by atoms with Gasteiger partial charge in [0.2, 0.25) is 11.8 Å². The summed E-state index contributed by atoms with van der Waals surface area (Å²) in [6.07, 6.45) is 3.73. The Kier molecular flexibility index (Phi) is 5.61. The normalized spacial score (nSPS) is 20.0. The standard InChI is InChI=1S/C18H22N2O6S/c1-27(24,25)26-9-3-2-4-12-5-6-14-13(10-12)11-20(18(14)23)15-7-8-16(21)19-17(15)22/h5-6,10,15H,2-4,7-9,11H2,1H3,(H,19,21,22). The van der Waals surface area contributed by atoms with Crippen LogP contribution in [0.3, 0.4) is 0 Å². The molecule has 0 aromatic heterocycles. The first-order valence-electron chi connectivity index (χ1n) is 8.85. The summed E-state index contributed by atoms with van der Waals surface area (Å²) in [6.45, 7) is 0.511. The van der Waals surface area contributed by atoms with Crippen molar-refractivity contribution in [1.29, 1.82) is 0 Å². The summed E-state index contributed by atoms with van der Waals surface area (Å²) in [7, 11) is -3.40. The van der Waals surface area contributed by atoms with Crippen LogP contribution in [0.1, 0.15) is 47.2 Å². The Labute approximate surface area is 158 Å². The lowest BCUT2D eigenvalue weighted by Gasteiger charge is -2.29. The third kappa shape index (κ3) is 4.72. The average molecular weight is 394 g/mol. The Balaban J connectivity index is 1.59. The van der Waals surface area contributed by atoms with Gasteiger partial charge in [-0.15, -0.1) is 0 Å². The quantitative estimate of drug-likeness (QED) is 0.415. The first-order chi connectivity index (χ1) is 12.7. The molecule has 1 fully saturated rings. The van der Waals surface area contributed by atoms with Gasteiger partial charge in [0.05, 0.1) is 12.9 Å². The lowest BCUT2D eigenvalue weighted by Crippen LogP contribution is -2.52. The summed E-state index contributed by atoms with van der Waals surface area (Å²) in [6, 6.07) is 4.99. The van der Waals surface area contributed by atoms with Gasteiger partial charge in [0.1, 0.15) is 6.04 Å². The van der Waals surface area contributed by atoms with E-state index in [1.165, 1.54) is 4.90 Å². The number of fused-ring (bicyclic) bond motifs is 1. The number of nitrogens with one attached hydrogen (secondary N) is 1. The molecular formula is C18H22N2O6S. The average Bonchev–Trinajstić information content (AvgIpc) is 2.90. The molecule has 3 amide bonds. The fraction of sp³-hybridized carbons (Fsp3) is 0.500. The van der Waals surface area contributed by atoms with Crippen LogP contribution in [-0.4, -0.2) is 49.9 Å². The maximum Gasteiger partial charge on any atom is 0.264 e. The molecule has 2 aliphatic heterocycles. The molecule has 1 aromatic rings. The maximum absolute atomic E-state index is 12.6. The Morgan fingerprint density at radius 1 is 1.22 bits per heavy atom. The van der Waals surface area contributed by atoms with E-state index in [1.807, 2.05) is 12.1 Å². The van der Waals surface area contributed by atoms with Gasteiger partial charge in [-0.25, -0.2) is 0 Å². The van der Waals surface area contributed by atoms with Gasteiger partial charge in [-0.2, -0.15) is 8.42 Å². The smallest absolute Gasteiger partial charge is 0.264 e. The van der Waals surface area contributed by atoms with E-state index in [1.54, 1.807) is 6.07 Å². The second-order valence-corrected chi connectivity index (χ2v) is 8.52. The molecule has 0 bridgehead atoms. The second kappa shape index (κ2) is 7.77. The fourth-order valence-corrected chi connectivity index (χ4v) is 3.85. The highest BCUT2D eigenvalue weighted by atomic mass is 32.2. The van der Waals surface area contributed by atoms with Crippen molar-refractivity contribution in [2.24, 2.45) is 0 Å². The van der Waals surface area contributed by atoms with E-state index in [9.17, 15) is 22.8 Å². The van der Waals surface area contributed by atoms with Crippen LogP contribution in [0.4, 0.5) is 0 Å². The molecule has 0 spiro atoms. The van der Waals surface area contributed by atoms with E-state index in [0.29, 0.717) is 24.9 Å². The van der Waals surface area contributed by atoms with Gasteiger partial charge in [0.25, 0.3) is 16.0 Å². The monoisotopic (exact) mass is 394 g/mol. The van der Waals surface area contributed by atoms with E-state index in [4.69, 9.17) is 4.18 Å². The Morgan fingerprint density at radius 3 is 2.70 bits per heavy atom. The van der Waals surface area contributed by atoms with Gasteiger partial charge in [0, 0.05) is 18.5 Å². The highest BCUT2D eigenvalue weighted by Crippen LogP contribution is 2.28. The van der Waals surface area contributed by atoms with E-state index in [2.05, 4.69) is 5.32 Å². The predicted molar refractivity (Wildman–Crippen MR) is 96.2 cm³/mol. The number of carbonyl (C=O) groups is 3. The number of amides is 3. The van der Waals surface area contributed by atoms with Crippen molar-refractivity contribution in [3.63, 3.8) is 0 Å². The molecule has 8 nitrogen and oxygen atoms in total. The van der Waals surface area contributed by atoms with E-state index < -0.39 is 22.1 Å². The molecule has 2 heterocycles. The number of aryl methyl sites for hydroxylation is 1. The second-order valence-electron chi connectivity index (χ2n) is 6.87. The number of unbranched alkanes of at least 4 members (excludes halogenated alkanes) is 1. The molecule has 3 rings (SSSR count). The summed E-state index contributed by atoms with van der Waals surface area (Å²) in [5.74, 6) is -0.909. The van der Waals surface area contributed by atoms with Crippen molar-refractivity contribution in [3.05, 3.63) is 34.9 Å². The molecule has 0 aliphatic carbocycles. The minimum atomic E-state index is -3.40. The zero-order chi connectivity index (χ0) is 19.6. The number of hydrogen-bond donors (Lipinski definition) is 1. The minimum Gasteiger partial charge on any atom is -0.322 e. The SMILES string of the molecule is CS(=O)(=O)OCCCCc1ccc2c(c1)CN(C1CCC(=O)NC1=O)C2=O. The molecule has 0 saturated carbocycles. The fourth-order valence-electron chi connectivity index (χ4n) is 3.42. The molecule has 27 heavy (non-hydrogen) atoms. The molecule has 0 radical (unpaired) electrons. The molecule has 1 atom stereocenters. The molecule has 1 saturated heterocycles. The Morgan fingerprint density at radius 2 is 2.00 bits per heavy atom. The molecule has 2 aliphatic rings. The first-order valence-corrected chi connectivity index (χ1v) is 10.7. The summed E-state index contributed by atoms with van der Waals surface area (Å²) in [5.41, 5.74) is 2.50. The van der Waals surface area contributed by atoms with Gasteiger partial charge in [-0.1, -0.05) is 12.1 Å². The molecule has 9 heteroatoms. The lowest BCUT2D eigenvalue weighted by molar-refractivity contribution is -0.136. The number of imide groups is 1. The number of nitrogens with zero attached hydrogens (tertiary/aromatic N) is 1. The van der Waals surface area contributed by atoms with Crippen LogP contribution in [0.25, 0.3) is 0 Å². The van der Waals surface area contributed by atoms with Crippen molar-refractivity contribution < 1.29 is 27.0 Å². The number of rotatable bonds is 7. The highest BCUT2D eigenvalue weighted by molar-refractivity contribution is 7.85. The van der Waals surface area contributed by atoms with Crippen LogP contribution in [-0.2, 0) is 36.9 Å². The van der Waals surface area contributed by atoms with Crippen molar-refractivity contribution in [2.45, 2.75) is 44.7 Å². The van der Waals surface area contributed by atoms with Gasteiger partial charge in [-0.3, -0.25) is 23.9 Å². The van der Waals surface area contributed by atoms with Crippen molar-refractivity contribution >= 4 is 27.8 Å². The van der Waals surface area contributed by atoms with Crippen LogP contribution in [0.5, 0.6) is 0 Å². The minimum absolute atomic E-state index is 0.158. The molecule has 1 unspecified atom stereocenters. The molecular weight excluding hydrogens is 372 g/mol. The zero-order valence-electron chi connectivity index (χ0n) is 15.1. The van der Waals surface area contributed by atoms with Gasteiger partial charge >= 0.3 is 0 Å². The summed E-state index contributed by atoms with van der Waals surface area (Å²) in [4.78, 5) is 37.5. The van der Waals surface area contributed by atoms with Crippen molar-refractivity contribution in [3.8, 4) is 0 Å². The first kappa shape index (κ1) is 19.5. The van der Waals surface area contributed by atoms with Crippen molar-refractivity contribution in [1.82, 2.24) is 10.2 Å². The van der Waals surface area contributed by atoms with Crippen LogP contribution >= 0.6 is 0 Å². The van der Waals surface area contributed by atoms with Crippen LogP contribution < -0.4 is 5.32 Å². The predicted octanol–water partition coefficient (Wildman–Crippen LogP) is 0.746. The van der Waals surface area contributed by atoms with E-state index in [-0.39, 0.29) is 24.8 Å². The molecule has 146 valence electrons. The highest BCUT2D eigenvalue weighted by Gasteiger charge is 2.38. The lowest BCUT2D eigenvalue weighted by atomic mass is 10.0. The number of hydrogen-bond acceptors (Lipinski definition) is 6. The summed E-state index contributed by atoms with van der Waals surface area (Å²) >= 11 is 0. The topological polar surface area (TPSA) is 110 Å². The van der Waals surface area contributed by atoms with Crippen LogP contribution in [0, 0.1) is 0 Å². The van der Waals surface area contributed by atoms with Gasteiger partial charge < -0.3 is 4.90 Å². The summed E-state index contributed by atoms with van der Waals surface area (Å²) in [5, 5.41) is 2.29. The van der Waals surface area contributed by atoms with Crippen molar-refractivity contribution in [2.75, 3.05) is 12.9 Å². The number of carbonyl (C=O) groups excluding carboxylic acids is 3. The Hall–Kier alpha value is -2.26. The van der Waals surface area contributed by atoms with Crippen LogP contribution in [0.15, 0.2) is 18.2 Å². The number of piperidine rings is 1. The molecule has 1 aromatic carbocycles. The van der Waals surface area contributed by atoms with E-state index >= 15 is 0 Å². The Bertz CT molecular complexity index is 880. The van der Waals surface area contributed by atoms with Gasteiger partial charge in [-0.05, 0) is 42.9 Å². The largest absolute Gasteiger partial charge is 0.322 e. The summed E-state index contributed by atoms with van der Waals surface area (Å²) < 4.78 is 26.6.